The summed E-state index contributed by atoms with van der Waals surface area (Å²) in [6.07, 6.45) is 5.48. The highest BCUT2D eigenvalue weighted by molar-refractivity contribution is 5.55. The Bertz CT molecular complexity index is 893. The molecule has 1 aromatic heterocycles. The fourth-order valence-electron chi connectivity index (χ4n) is 3.88. The minimum Gasteiger partial charge on any atom is -0.352 e. The van der Waals surface area contributed by atoms with Crippen molar-refractivity contribution in [2.45, 2.75) is 59.5 Å². The van der Waals surface area contributed by atoms with Crippen LogP contribution in [0.3, 0.4) is 0 Å². The number of likely N-dealkylation sites (tertiary alicyclic amines) is 1. The summed E-state index contributed by atoms with van der Waals surface area (Å²) in [5, 5.41) is 0. The van der Waals surface area contributed by atoms with E-state index in [1.54, 1.807) is 23.3 Å². The Morgan fingerprint density at radius 3 is 2.56 bits per heavy atom. The van der Waals surface area contributed by atoms with E-state index in [0.717, 1.165) is 22.8 Å². The number of alkyl halides is 2. The molecule has 0 aliphatic carbocycles. The van der Waals surface area contributed by atoms with Gasteiger partial charge >= 0.3 is 0 Å². The number of hydrogen-bond donors (Lipinski definition) is 0. The molecule has 6 nitrogen and oxygen atoms in total. The van der Waals surface area contributed by atoms with Crippen molar-refractivity contribution >= 4 is 12.0 Å². The molecule has 0 radical (unpaired) electrons. The molecule has 0 amide bonds. The van der Waals surface area contributed by atoms with Gasteiger partial charge in [-0.1, -0.05) is 19.2 Å². The van der Waals surface area contributed by atoms with Gasteiger partial charge in [0, 0.05) is 56.1 Å². The van der Waals surface area contributed by atoms with Gasteiger partial charge in [0.05, 0.1) is 6.54 Å². The Morgan fingerprint density at radius 2 is 2.00 bits per heavy atom. The van der Waals surface area contributed by atoms with Gasteiger partial charge in [0.2, 0.25) is 0 Å². The van der Waals surface area contributed by atoms with Crippen LogP contribution in [-0.4, -0.2) is 64.8 Å². The molecule has 2 heterocycles. The Labute approximate surface area is 191 Å². The van der Waals surface area contributed by atoms with E-state index >= 15 is 0 Å². The van der Waals surface area contributed by atoms with Crippen LogP contribution in [0.25, 0.3) is 0 Å². The van der Waals surface area contributed by atoms with E-state index < -0.39 is 5.92 Å². The Kier molecular flexibility index (Phi) is 8.52. The second-order valence-corrected chi connectivity index (χ2v) is 8.23. The summed E-state index contributed by atoms with van der Waals surface area (Å²) in [5.41, 5.74) is 2.68. The lowest BCUT2D eigenvalue weighted by Crippen LogP contribution is -2.48. The molecule has 1 fully saturated rings. The first-order valence-corrected chi connectivity index (χ1v) is 10.9. The number of aryl methyl sites for hydroxylation is 2. The zero-order chi connectivity index (χ0) is 24.1. The molecule has 1 unspecified atom stereocenters. The first kappa shape index (κ1) is 25.5. The average Bonchev–Trinajstić information content (AvgIpc) is 3.08. The summed E-state index contributed by atoms with van der Waals surface area (Å²) in [4.78, 5) is 19.4. The van der Waals surface area contributed by atoms with Crippen LogP contribution < -0.4 is 4.90 Å². The maximum atomic E-state index is 13.9. The number of halogens is 2. The molecule has 0 saturated carbocycles. The fraction of sp³-hybridized carbons (Fsp3) is 0.542. The number of allylic oxidation sites excluding steroid dienone is 2. The topological polar surface area (TPSA) is 47.9 Å². The van der Waals surface area contributed by atoms with Crippen LogP contribution in [0.15, 0.2) is 41.8 Å². The first-order chi connectivity index (χ1) is 15.0. The fourth-order valence-corrected chi connectivity index (χ4v) is 3.88. The molecular formula is C24H36F2N6. The van der Waals surface area contributed by atoms with Gasteiger partial charge < -0.3 is 14.7 Å². The number of aromatic nitrogens is 2. The second-order valence-electron chi connectivity index (χ2n) is 8.23. The van der Waals surface area contributed by atoms with Crippen LogP contribution in [-0.2, 0) is 0 Å². The predicted molar refractivity (Wildman–Crippen MR) is 128 cm³/mol. The van der Waals surface area contributed by atoms with E-state index in [2.05, 4.69) is 28.0 Å². The van der Waals surface area contributed by atoms with Gasteiger partial charge in [0.25, 0.3) is 5.92 Å². The summed E-state index contributed by atoms with van der Waals surface area (Å²) in [6.45, 7) is 18.2. The van der Waals surface area contributed by atoms with Gasteiger partial charge in [-0.15, -0.1) is 0 Å². The molecule has 1 aromatic rings. The maximum absolute atomic E-state index is 13.9. The van der Waals surface area contributed by atoms with Crippen LogP contribution in [0.1, 0.15) is 43.8 Å². The van der Waals surface area contributed by atoms with E-state index in [1.165, 1.54) is 0 Å². The van der Waals surface area contributed by atoms with Gasteiger partial charge in [-0.25, -0.2) is 18.7 Å². The van der Waals surface area contributed by atoms with E-state index in [9.17, 15) is 8.78 Å². The zero-order valence-electron chi connectivity index (χ0n) is 20.2. The minimum atomic E-state index is -2.68. The van der Waals surface area contributed by atoms with Gasteiger partial charge in [0.1, 0.15) is 23.6 Å². The summed E-state index contributed by atoms with van der Waals surface area (Å²) in [7, 11) is 1.92. The lowest BCUT2D eigenvalue weighted by molar-refractivity contribution is 0.0122. The third kappa shape index (κ3) is 6.14. The van der Waals surface area contributed by atoms with Crippen molar-refractivity contribution in [1.82, 2.24) is 19.8 Å². The summed E-state index contributed by atoms with van der Waals surface area (Å²) < 4.78 is 27.9. The van der Waals surface area contributed by atoms with Crippen LogP contribution in [0.4, 0.5) is 14.6 Å². The van der Waals surface area contributed by atoms with Crippen molar-refractivity contribution in [2.75, 3.05) is 31.6 Å². The van der Waals surface area contributed by atoms with Crippen LogP contribution in [0.5, 0.6) is 0 Å². The second kappa shape index (κ2) is 10.7. The minimum absolute atomic E-state index is 0.147. The molecule has 1 aliphatic rings. The van der Waals surface area contributed by atoms with Crippen molar-refractivity contribution in [3.05, 3.63) is 53.9 Å². The monoisotopic (exact) mass is 446 g/mol. The van der Waals surface area contributed by atoms with Crippen LogP contribution in [0, 0.1) is 20.8 Å². The highest BCUT2D eigenvalue weighted by Gasteiger charge is 2.40. The average molecular weight is 447 g/mol. The van der Waals surface area contributed by atoms with Crippen molar-refractivity contribution in [3.63, 3.8) is 0 Å². The van der Waals surface area contributed by atoms with Crippen LogP contribution in [0.2, 0.25) is 0 Å². The third-order valence-electron chi connectivity index (χ3n) is 5.83. The normalized spacial score (nSPS) is 17.0. The molecular weight excluding hydrogens is 410 g/mol. The number of anilines is 1. The number of nitrogens with zero attached hydrogens (tertiary/aromatic N) is 6. The zero-order valence-corrected chi connectivity index (χ0v) is 20.2. The van der Waals surface area contributed by atoms with E-state index in [1.807, 2.05) is 46.6 Å². The highest BCUT2D eigenvalue weighted by atomic mass is 19.3. The molecule has 32 heavy (non-hydrogen) atoms. The Hall–Kier alpha value is -2.77. The van der Waals surface area contributed by atoms with Crippen molar-refractivity contribution in [2.24, 2.45) is 4.99 Å². The van der Waals surface area contributed by atoms with Gasteiger partial charge in [-0.3, -0.25) is 4.99 Å². The van der Waals surface area contributed by atoms with Crippen molar-refractivity contribution < 1.29 is 8.78 Å². The third-order valence-corrected chi connectivity index (χ3v) is 5.83. The molecule has 0 N–H and O–H groups in total. The molecule has 0 bridgehead atoms. The number of hydrogen-bond acceptors (Lipinski definition) is 6. The summed E-state index contributed by atoms with van der Waals surface area (Å²) in [5.74, 6) is -0.459. The smallest absolute Gasteiger partial charge is 0.266 e. The Morgan fingerprint density at radius 1 is 1.31 bits per heavy atom. The van der Waals surface area contributed by atoms with E-state index in [-0.39, 0.29) is 19.1 Å². The van der Waals surface area contributed by atoms with Gasteiger partial charge in [0.15, 0.2) is 0 Å². The largest absolute Gasteiger partial charge is 0.352 e. The van der Waals surface area contributed by atoms with E-state index in [4.69, 9.17) is 4.98 Å². The predicted octanol–water partition coefficient (Wildman–Crippen LogP) is 4.85. The lowest BCUT2D eigenvalue weighted by Gasteiger charge is -2.41. The summed E-state index contributed by atoms with van der Waals surface area (Å²) >= 11 is 0. The van der Waals surface area contributed by atoms with E-state index in [0.29, 0.717) is 31.2 Å². The molecule has 1 atom stereocenters. The van der Waals surface area contributed by atoms with Crippen molar-refractivity contribution in [1.29, 1.82) is 0 Å². The molecule has 1 aliphatic heterocycles. The molecule has 176 valence electrons. The maximum Gasteiger partial charge on any atom is 0.266 e. The SMILES string of the molecule is C=C/C=C(/N1CCC(F)(F)C1)N(C)C(C)N(CCC(=C)N=CC)c1nc(C)nc(C)c1C. The molecule has 0 aromatic carbocycles. The molecule has 1 saturated heterocycles. The quantitative estimate of drug-likeness (QED) is 0.292. The van der Waals surface area contributed by atoms with Gasteiger partial charge in [-0.2, -0.15) is 0 Å². The Balaban J connectivity index is 2.41. The lowest BCUT2D eigenvalue weighted by atomic mass is 10.2. The van der Waals surface area contributed by atoms with Gasteiger partial charge in [-0.05, 0) is 40.7 Å². The molecule has 2 rings (SSSR count). The standard InChI is InChI=1S/C24H36F2N6/c1-9-11-22(31-15-13-24(25,26)16-31)30(8)21(7)32(14-12-17(3)27-10-2)23-18(4)19(5)28-20(6)29-23/h9-11,21H,1,3,12-16H2,2,4-8H3/b22-11+,27-10?. The highest BCUT2D eigenvalue weighted by Crippen LogP contribution is 2.32. The molecule has 8 heteroatoms. The van der Waals surface area contributed by atoms with Crippen molar-refractivity contribution in [3.8, 4) is 0 Å². The number of rotatable bonds is 10. The number of aliphatic imine (C=N–C) groups is 1. The summed E-state index contributed by atoms with van der Waals surface area (Å²) in [6, 6.07) is 0. The first-order valence-electron chi connectivity index (χ1n) is 10.9. The van der Waals surface area contributed by atoms with Crippen LogP contribution >= 0.6 is 0 Å². The molecule has 0 spiro atoms.